The molecule has 0 N–H and O–H groups in total. The predicted molar refractivity (Wildman–Crippen MR) is 192 cm³/mol. The van der Waals surface area contributed by atoms with Crippen molar-refractivity contribution in [1.29, 1.82) is 0 Å². The Labute approximate surface area is 305 Å². The highest BCUT2D eigenvalue weighted by Crippen LogP contribution is 2.65. The van der Waals surface area contributed by atoms with E-state index in [0.29, 0.717) is 38.5 Å². The number of fused-ring (bicyclic) bond motifs is 1. The maximum absolute atomic E-state index is 15.0. The zero-order chi connectivity index (χ0) is 41.7. The van der Waals surface area contributed by atoms with Crippen LogP contribution in [0.2, 0.25) is 0 Å². The predicted octanol–water partition coefficient (Wildman–Crippen LogP) is 7.35. The van der Waals surface area contributed by atoms with E-state index >= 15 is 0 Å². The summed E-state index contributed by atoms with van der Waals surface area (Å²) in [4.78, 5) is 71.3. The van der Waals surface area contributed by atoms with Gasteiger partial charge in [0.05, 0.1) is 16.5 Å². The van der Waals surface area contributed by atoms with Crippen molar-refractivity contribution < 1.29 is 40.6 Å². The number of Topliss-reactive ketones (excluding diaryl/α,β-unsaturated/α-hetero) is 4. The van der Waals surface area contributed by atoms with Crippen LogP contribution in [-0.4, -0.2) is 65.4 Å². The smallest absolute Gasteiger partial charge is 0.227 e. The summed E-state index contributed by atoms with van der Waals surface area (Å²) in [5.41, 5.74) is -4.01. The number of carbonyl (C=O) groups is 5. The van der Waals surface area contributed by atoms with Crippen LogP contribution in [0.1, 0.15) is 160 Å². The highest BCUT2D eigenvalue weighted by Gasteiger charge is 2.69. The normalized spacial score (nSPS) is 28.4. The van der Waals surface area contributed by atoms with Gasteiger partial charge >= 0.3 is 0 Å². The molecule has 9 heteroatoms. The molecule has 278 valence electrons. The Morgan fingerprint density at radius 1 is 0.959 bits per heavy atom. The Morgan fingerprint density at radius 3 is 2.14 bits per heavy atom. The highest BCUT2D eigenvalue weighted by atomic mass is 32.2. The lowest BCUT2D eigenvalue weighted by molar-refractivity contribution is -0.148. The number of rotatable bonds is 17. The molecule has 1 saturated heterocycles. The molecule has 3 aliphatic carbocycles. The molecule has 0 aromatic heterocycles. The maximum Gasteiger partial charge on any atom is 0.227 e. The van der Waals surface area contributed by atoms with Gasteiger partial charge < -0.3 is 4.90 Å². The van der Waals surface area contributed by atoms with Gasteiger partial charge in [-0.15, -0.1) is 0 Å². The second-order valence-corrected chi connectivity index (χ2v) is 20.7. The fourth-order valence-corrected chi connectivity index (χ4v) is 10.3. The molecule has 0 aromatic carbocycles. The van der Waals surface area contributed by atoms with Crippen molar-refractivity contribution in [1.82, 2.24) is 4.90 Å². The van der Waals surface area contributed by atoms with Crippen LogP contribution in [0.5, 0.6) is 0 Å². The summed E-state index contributed by atoms with van der Waals surface area (Å²) in [5.74, 6) is -6.29. The van der Waals surface area contributed by atoms with Crippen molar-refractivity contribution in [2.45, 2.75) is 163 Å². The summed E-state index contributed by atoms with van der Waals surface area (Å²) in [6.45, 7) is 5.24. The van der Waals surface area contributed by atoms with E-state index in [1.807, 2.05) is 20.8 Å². The molecule has 0 unspecified atom stereocenters. The molecule has 8 nitrogen and oxygen atoms in total. The summed E-state index contributed by atoms with van der Waals surface area (Å²) >= 11 is 0. The third-order valence-electron chi connectivity index (χ3n) is 12.3. The summed E-state index contributed by atoms with van der Waals surface area (Å²) in [5, 5.41) is 0. The van der Waals surface area contributed by atoms with Crippen molar-refractivity contribution >= 4 is 38.9 Å². The van der Waals surface area contributed by atoms with Gasteiger partial charge in [-0.2, -0.15) is 0 Å². The number of unbranched alkanes of at least 4 members (excludes halogenated alkanes) is 1. The number of carbonyl (C=O) groups excluding carboxylic acids is 5. The van der Waals surface area contributed by atoms with Crippen molar-refractivity contribution in [2.75, 3.05) is 12.3 Å². The number of nitrogens with zero attached hydrogens (tertiary/aromatic N) is 1. The average Bonchev–Trinajstić information content (AvgIpc) is 3.90. The van der Waals surface area contributed by atoms with Crippen molar-refractivity contribution in [3.63, 3.8) is 0 Å². The Balaban J connectivity index is 1.71. The van der Waals surface area contributed by atoms with E-state index in [9.17, 15) is 32.4 Å². The number of piperidine rings is 1. The van der Waals surface area contributed by atoms with Crippen LogP contribution < -0.4 is 0 Å². The number of hydrogen-bond acceptors (Lipinski definition) is 7. The Hall–Kier alpha value is -1.90. The Morgan fingerprint density at radius 2 is 1.59 bits per heavy atom. The van der Waals surface area contributed by atoms with E-state index in [-0.39, 0.29) is 54.7 Å². The van der Waals surface area contributed by atoms with Gasteiger partial charge in [-0.25, -0.2) is 8.42 Å². The van der Waals surface area contributed by atoms with Crippen LogP contribution in [0.25, 0.3) is 0 Å². The van der Waals surface area contributed by atoms with Gasteiger partial charge in [0.1, 0.15) is 5.78 Å². The molecular weight excluding hydrogens is 639 g/mol. The topological polar surface area (TPSA) is 123 Å². The number of amides is 1. The first kappa shape index (κ1) is 31.8. The van der Waals surface area contributed by atoms with Gasteiger partial charge in [0.15, 0.2) is 21.4 Å². The average molecular weight is 710 g/mol. The molecule has 3 saturated carbocycles. The van der Waals surface area contributed by atoms with E-state index in [4.69, 9.17) is 8.22 Å². The minimum atomic E-state index is -3.68. The molecule has 0 aromatic rings. The van der Waals surface area contributed by atoms with E-state index in [2.05, 4.69) is 0 Å². The van der Waals surface area contributed by atoms with Gasteiger partial charge in [-0.3, -0.25) is 24.0 Å². The third kappa shape index (κ3) is 9.13. The molecule has 0 spiro atoms. The summed E-state index contributed by atoms with van der Waals surface area (Å²) in [6, 6.07) is -1.08. The molecule has 0 radical (unpaired) electrons. The highest BCUT2D eigenvalue weighted by molar-refractivity contribution is 7.92. The maximum atomic E-state index is 15.0. The second-order valence-electron chi connectivity index (χ2n) is 17.9. The zero-order valence-electron chi connectivity index (χ0n) is 37.0. The minimum Gasteiger partial charge on any atom is -0.332 e. The fraction of sp³-hybridized carbons (Fsp3) is 0.875. The molecule has 0 bridgehead atoms. The monoisotopic (exact) mass is 709 g/mol. The van der Waals surface area contributed by atoms with E-state index < -0.39 is 92.5 Å². The van der Waals surface area contributed by atoms with Crippen molar-refractivity contribution in [3.05, 3.63) is 0 Å². The van der Waals surface area contributed by atoms with E-state index in [1.54, 1.807) is 20.8 Å². The lowest BCUT2D eigenvalue weighted by Gasteiger charge is -2.40. The third-order valence-corrected chi connectivity index (χ3v) is 15.2. The first-order valence-electron chi connectivity index (χ1n) is 21.7. The largest absolute Gasteiger partial charge is 0.332 e. The lowest BCUT2D eigenvalue weighted by atomic mass is 9.70. The molecule has 5 atom stereocenters. The number of likely N-dealkylation sites (tertiary alicyclic amines) is 1. The van der Waals surface area contributed by atoms with Gasteiger partial charge in [0.25, 0.3) is 0 Å². The molecule has 1 heterocycles. The first-order valence-corrected chi connectivity index (χ1v) is 20.3. The van der Waals surface area contributed by atoms with Gasteiger partial charge in [0, 0.05) is 52.3 Å². The first-order chi connectivity index (χ1) is 25.0. The summed E-state index contributed by atoms with van der Waals surface area (Å²) in [7, 11) is -3.68. The van der Waals surface area contributed by atoms with Crippen LogP contribution in [0, 0.1) is 45.8 Å². The van der Waals surface area contributed by atoms with Gasteiger partial charge in [-0.05, 0) is 86.9 Å². The number of hydrogen-bond donors (Lipinski definition) is 0. The Bertz CT molecular complexity index is 1590. The molecule has 4 fully saturated rings. The standard InChI is InChI=1S/C40H65NO7S/c1-10-11-15-27(35(45)32(44)20-26-16-17-26)21-31(43)34-33-30(39(33,8)9)24-41(34)36(46)29(37(2,3)4)22-28(42)23-40(18-13-12-14-19-40)25-49(47,48)38(5,6)7/h26-27,29-30,33-34H,10-25H2,1-9H3/t27-,29-,30+,33+,34-/m1/s1/i2D3,3D3. The van der Waals surface area contributed by atoms with Crippen LogP contribution in [0.4, 0.5) is 0 Å². The van der Waals surface area contributed by atoms with Crippen LogP contribution in [0.15, 0.2) is 0 Å². The molecular formula is C40H65NO7S. The Kier molecular flexibility index (Phi) is 9.49. The molecule has 49 heavy (non-hydrogen) atoms. The number of sulfone groups is 1. The van der Waals surface area contributed by atoms with E-state index in [0.717, 1.165) is 32.6 Å². The fourth-order valence-electron chi connectivity index (χ4n) is 8.69. The molecule has 1 amide bonds. The van der Waals surface area contributed by atoms with E-state index in [1.165, 1.54) is 4.90 Å². The lowest BCUT2D eigenvalue weighted by Crippen LogP contribution is -2.51. The number of ketones is 4. The molecule has 1 aliphatic heterocycles. The summed E-state index contributed by atoms with van der Waals surface area (Å²) in [6.07, 6.45) is 5.51. The molecule has 4 rings (SSSR count). The summed E-state index contributed by atoms with van der Waals surface area (Å²) < 4.78 is 76.8. The second kappa shape index (κ2) is 14.6. The van der Waals surface area contributed by atoms with Crippen molar-refractivity contribution in [3.8, 4) is 0 Å². The SMILES string of the molecule is [2H]C([2H])([2H])C(C)([C@H](CC(=O)CC1(CS(=O)(=O)C(C)(C)C)CCCCC1)C(=O)N1C[C@H]2[C@@H]([C@H]1C(=O)C[C@@H](CCCC)C(=O)C(=O)CC1CC1)C2(C)C)C([2H])([2H])[2H]. The molecule has 4 aliphatic rings. The van der Waals surface area contributed by atoms with Gasteiger partial charge in [0.2, 0.25) is 11.7 Å². The van der Waals surface area contributed by atoms with Crippen LogP contribution in [-0.2, 0) is 33.8 Å². The van der Waals surface area contributed by atoms with Crippen LogP contribution in [0.3, 0.4) is 0 Å². The van der Waals surface area contributed by atoms with Crippen LogP contribution >= 0.6 is 0 Å². The van der Waals surface area contributed by atoms with Gasteiger partial charge in [-0.1, -0.05) is 73.5 Å². The van der Waals surface area contributed by atoms with Crippen molar-refractivity contribution in [2.24, 2.45) is 45.8 Å². The quantitative estimate of drug-likeness (QED) is 0.145. The minimum absolute atomic E-state index is 0.0532. The zero-order valence-corrected chi connectivity index (χ0v) is 31.8.